The highest BCUT2D eigenvalue weighted by Crippen LogP contribution is 2.22. The SMILES string of the molecule is NC(CO)c1cnc(Cl)cc1Cl. The van der Waals surface area contributed by atoms with E-state index in [0.29, 0.717) is 15.7 Å². The third-order valence-electron chi connectivity index (χ3n) is 1.44. The second-order valence-corrected chi connectivity index (χ2v) is 3.11. The third-order valence-corrected chi connectivity index (χ3v) is 1.98. The zero-order chi connectivity index (χ0) is 9.14. The lowest BCUT2D eigenvalue weighted by Gasteiger charge is -2.09. The van der Waals surface area contributed by atoms with E-state index in [1.54, 1.807) is 0 Å². The monoisotopic (exact) mass is 206 g/mol. The quantitative estimate of drug-likeness (QED) is 0.720. The summed E-state index contributed by atoms with van der Waals surface area (Å²) in [5, 5.41) is 9.48. The Hall–Kier alpha value is -0.350. The molecule has 1 rings (SSSR count). The number of nitrogens with two attached hydrogens (primary N) is 1. The Morgan fingerprint density at radius 3 is 2.75 bits per heavy atom. The second kappa shape index (κ2) is 4.05. The summed E-state index contributed by atoms with van der Waals surface area (Å²) >= 11 is 11.4. The average Bonchev–Trinajstić information content (AvgIpc) is 2.03. The molecule has 0 aliphatic rings. The molecule has 0 amide bonds. The van der Waals surface area contributed by atoms with Gasteiger partial charge in [0.25, 0.3) is 0 Å². The number of nitrogens with zero attached hydrogens (tertiary/aromatic N) is 1. The molecule has 0 bridgehead atoms. The molecule has 66 valence electrons. The normalized spacial score (nSPS) is 13.0. The summed E-state index contributed by atoms with van der Waals surface area (Å²) < 4.78 is 0. The molecule has 1 aromatic heterocycles. The maximum Gasteiger partial charge on any atom is 0.130 e. The van der Waals surface area contributed by atoms with Gasteiger partial charge in [0, 0.05) is 11.8 Å². The number of pyridine rings is 1. The predicted molar refractivity (Wildman–Crippen MR) is 48.3 cm³/mol. The summed E-state index contributed by atoms with van der Waals surface area (Å²) in [5.41, 5.74) is 6.13. The summed E-state index contributed by atoms with van der Waals surface area (Å²) in [6.07, 6.45) is 1.46. The van der Waals surface area contributed by atoms with Crippen LogP contribution in [0.1, 0.15) is 11.6 Å². The molecule has 1 atom stereocenters. The Labute approximate surface area is 80.1 Å². The van der Waals surface area contributed by atoms with E-state index in [-0.39, 0.29) is 6.61 Å². The van der Waals surface area contributed by atoms with Crippen molar-refractivity contribution in [3.63, 3.8) is 0 Å². The number of hydrogen-bond acceptors (Lipinski definition) is 3. The van der Waals surface area contributed by atoms with Gasteiger partial charge < -0.3 is 10.8 Å². The number of halogens is 2. The van der Waals surface area contributed by atoms with Crippen LogP contribution in [0.2, 0.25) is 10.2 Å². The Balaban J connectivity index is 3.01. The molecule has 0 radical (unpaired) electrons. The average molecular weight is 207 g/mol. The van der Waals surface area contributed by atoms with E-state index in [4.69, 9.17) is 34.0 Å². The molecule has 3 N–H and O–H groups in total. The van der Waals surface area contributed by atoms with Gasteiger partial charge in [-0.3, -0.25) is 0 Å². The van der Waals surface area contributed by atoms with Crippen LogP contribution in [0.4, 0.5) is 0 Å². The molecule has 0 aliphatic heterocycles. The smallest absolute Gasteiger partial charge is 0.130 e. The minimum absolute atomic E-state index is 0.164. The first-order valence-corrected chi connectivity index (χ1v) is 4.08. The first-order chi connectivity index (χ1) is 5.65. The maximum atomic E-state index is 8.74. The Morgan fingerprint density at radius 1 is 1.58 bits per heavy atom. The van der Waals surface area contributed by atoms with Crippen molar-refractivity contribution >= 4 is 23.2 Å². The molecule has 0 spiro atoms. The fraction of sp³-hybridized carbons (Fsp3) is 0.286. The van der Waals surface area contributed by atoms with Crippen molar-refractivity contribution in [1.29, 1.82) is 0 Å². The summed E-state index contributed by atoms with van der Waals surface area (Å²) in [7, 11) is 0. The van der Waals surface area contributed by atoms with Gasteiger partial charge >= 0.3 is 0 Å². The van der Waals surface area contributed by atoms with Crippen LogP contribution in [0, 0.1) is 0 Å². The van der Waals surface area contributed by atoms with Crippen LogP contribution in [-0.2, 0) is 0 Å². The topological polar surface area (TPSA) is 59.1 Å². The van der Waals surface area contributed by atoms with E-state index in [9.17, 15) is 0 Å². The standard InChI is InChI=1S/C7H8Cl2N2O/c8-5-1-7(9)11-2-4(5)6(10)3-12/h1-2,6,12H,3,10H2. The zero-order valence-corrected chi connectivity index (χ0v) is 7.68. The van der Waals surface area contributed by atoms with Gasteiger partial charge in [-0.15, -0.1) is 0 Å². The highest BCUT2D eigenvalue weighted by atomic mass is 35.5. The van der Waals surface area contributed by atoms with Gasteiger partial charge in [-0.1, -0.05) is 23.2 Å². The number of aromatic nitrogens is 1. The predicted octanol–water partition coefficient (Wildman–Crippen LogP) is 1.38. The third kappa shape index (κ3) is 2.08. The van der Waals surface area contributed by atoms with Gasteiger partial charge in [-0.25, -0.2) is 4.98 Å². The van der Waals surface area contributed by atoms with Crippen LogP contribution in [0.3, 0.4) is 0 Å². The van der Waals surface area contributed by atoms with Crippen molar-refractivity contribution in [1.82, 2.24) is 4.98 Å². The van der Waals surface area contributed by atoms with Crippen molar-refractivity contribution in [2.24, 2.45) is 5.73 Å². The van der Waals surface area contributed by atoms with Gasteiger partial charge in [-0.2, -0.15) is 0 Å². The van der Waals surface area contributed by atoms with Gasteiger partial charge in [0.05, 0.1) is 17.7 Å². The molecule has 1 aromatic rings. The van der Waals surface area contributed by atoms with Crippen LogP contribution >= 0.6 is 23.2 Å². The molecular weight excluding hydrogens is 199 g/mol. The van der Waals surface area contributed by atoms with Gasteiger partial charge in [0.2, 0.25) is 0 Å². The largest absolute Gasteiger partial charge is 0.394 e. The van der Waals surface area contributed by atoms with Crippen molar-refractivity contribution in [3.05, 3.63) is 28.0 Å². The van der Waals surface area contributed by atoms with E-state index < -0.39 is 6.04 Å². The molecule has 0 aromatic carbocycles. The van der Waals surface area contributed by atoms with Crippen LogP contribution in [0.5, 0.6) is 0 Å². The molecule has 0 aliphatic carbocycles. The first-order valence-electron chi connectivity index (χ1n) is 3.32. The molecule has 0 saturated carbocycles. The molecule has 12 heavy (non-hydrogen) atoms. The second-order valence-electron chi connectivity index (χ2n) is 2.32. The van der Waals surface area contributed by atoms with E-state index in [2.05, 4.69) is 4.98 Å². The number of hydrogen-bond donors (Lipinski definition) is 2. The van der Waals surface area contributed by atoms with Crippen molar-refractivity contribution in [3.8, 4) is 0 Å². The molecule has 0 fully saturated rings. The van der Waals surface area contributed by atoms with Crippen molar-refractivity contribution in [2.45, 2.75) is 6.04 Å². The summed E-state index contributed by atoms with van der Waals surface area (Å²) in [6.45, 7) is -0.164. The Bertz CT molecular complexity index is 280. The number of aliphatic hydroxyl groups is 1. The lowest BCUT2D eigenvalue weighted by atomic mass is 10.1. The van der Waals surface area contributed by atoms with E-state index in [1.807, 2.05) is 0 Å². The lowest BCUT2D eigenvalue weighted by Crippen LogP contribution is -2.15. The van der Waals surface area contributed by atoms with E-state index in [1.165, 1.54) is 12.3 Å². The van der Waals surface area contributed by atoms with Crippen molar-refractivity contribution < 1.29 is 5.11 Å². The fourth-order valence-electron chi connectivity index (χ4n) is 0.789. The molecule has 1 unspecified atom stereocenters. The molecular formula is C7H8Cl2N2O. The Morgan fingerprint density at radius 2 is 2.25 bits per heavy atom. The van der Waals surface area contributed by atoms with Crippen molar-refractivity contribution in [2.75, 3.05) is 6.61 Å². The zero-order valence-electron chi connectivity index (χ0n) is 6.17. The van der Waals surface area contributed by atoms with Crippen LogP contribution in [0.25, 0.3) is 0 Å². The van der Waals surface area contributed by atoms with E-state index in [0.717, 1.165) is 0 Å². The molecule has 0 saturated heterocycles. The molecule has 3 nitrogen and oxygen atoms in total. The van der Waals surface area contributed by atoms with Gasteiger partial charge in [0.15, 0.2) is 0 Å². The fourth-order valence-corrected chi connectivity index (χ4v) is 1.30. The van der Waals surface area contributed by atoms with Crippen LogP contribution < -0.4 is 5.73 Å². The van der Waals surface area contributed by atoms with E-state index >= 15 is 0 Å². The maximum absolute atomic E-state index is 8.74. The van der Waals surface area contributed by atoms with Crippen LogP contribution in [0.15, 0.2) is 12.3 Å². The van der Waals surface area contributed by atoms with Gasteiger partial charge in [0.1, 0.15) is 5.15 Å². The summed E-state index contributed by atoms with van der Waals surface area (Å²) in [5.74, 6) is 0. The molecule has 1 heterocycles. The minimum atomic E-state index is -0.498. The first kappa shape index (κ1) is 9.74. The highest BCUT2D eigenvalue weighted by Gasteiger charge is 2.09. The lowest BCUT2D eigenvalue weighted by molar-refractivity contribution is 0.268. The summed E-state index contributed by atoms with van der Waals surface area (Å²) in [4.78, 5) is 3.80. The minimum Gasteiger partial charge on any atom is -0.394 e. The van der Waals surface area contributed by atoms with Gasteiger partial charge in [-0.05, 0) is 6.07 Å². The Kier molecular flexibility index (Phi) is 3.29. The van der Waals surface area contributed by atoms with Crippen LogP contribution in [-0.4, -0.2) is 16.7 Å². The summed E-state index contributed by atoms with van der Waals surface area (Å²) in [6, 6.07) is 0.996. The molecule has 5 heteroatoms. The number of aliphatic hydroxyl groups excluding tert-OH is 1. The number of rotatable bonds is 2. The highest BCUT2D eigenvalue weighted by molar-refractivity contribution is 6.34.